The van der Waals surface area contributed by atoms with Gasteiger partial charge in [-0.1, -0.05) is 0 Å². The van der Waals surface area contributed by atoms with E-state index in [-0.39, 0.29) is 24.3 Å². The molecule has 0 unspecified atom stereocenters. The average molecular weight is 247 g/mol. The summed E-state index contributed by atoms with van der Waals surface area (Å²) < 4.78 is 22.7. The third-order valence-corrected chi connectivity index (χ3v) is 5.42. The van der Waals surface area contributed by atoms with Crippen LogP contribution in [0.5, 0.6) is 0 Å². The maximum absolute atomic E-state index is 11.4. The molecule has 2 fully saturated rings. The standard InChI is InChI=1S/C10H17NO4S/c12-9(13)10(11-5-1-2-6-11)3-7-16(14,15)8-4-10/h1-8H2,(H,12,13). The van der Waals surface area contributed by atoms with Crippen molar-refractivity contribution in [3.05, 3.63) is 0 Å². The summed E-state index contributed by atoms with van der Waals surface area (Å²) in [6.07, 6.45) is 2.51. The van der Waals surface area contributed by atoms with Crippen LogP contribution in [0, 0.1) is 0 Å². The zero-order valence-electron chi connectivity index (χ0n) is 9.18. The van der Waals surface area contributed by atoms with Gasteiger partial charge >= 0.3 is 5.97 Å². The zero-order valence-corrected chi connectivity index (χ0v) is 10.0. The third kappa shape index (κ3) is 1.96. The monoisotopic (exact) mass is 247 g/mol. The Kier molecular flexibility index (Phi) is 2.96. The quantitative estimate of drug-likeness (QED) is 0.750. The molecule has 2 saturated heterocycles. The van der Waals surface area contributed by atoms with Gasteiger partial charge in [-0.3, -0.25) is 9.69 Å². The SMILES string of the molecule is O=C(O)C1(N2CCCC2)CCS(=O)(=O)CC1. The molecule has 0 amide bonds. The topological polar surface area (TPSA) is 74.7 Å². The molecule has 16 heavy (non-hydrogen) atoms. The second kappa shape index (κ2) is 4.00. The van der Waals surface area contributed by atoms with E-state index in [9.17, 15) is 18.3 Å². The zero-order chi connectivity index (χ0) is 11.8. The van der Waals surface area contributed by atoms with Gasteiger partial charge in [-0.25, -0.2) is 8.42 Å². The van der Waals surface area contributed by atoms with E-state index < -0.39 is 21.3 Å². The molecule has 0 aromatic carbocycles. The van der Waals surface area contributed by atoms with Crippen LogP contribution in [0.4, 0.5) is 0 Å². The first kappa shape index (κ1) is 11.9. The van der Waals surface area contributed by atoms with Crippen LogP contribution in [0.1, 0.15) is 25.7 Å². The maximum atomic E-state index is 11.4. The normalized spacial score (nSPS) is 29.0. The lowest BCUT2D eigenvalue weighted by Gasteiger charge is -2.40. The van der Waals surface area contributed by atoms with Gasteiger partial charge in [0.25, 0.3) is 0 Å². The van der Waals surface area contributed by atoms with Crippen LogP contribution in [-0.2, 0) is 14.6 Å². The predicted molar refractivity (Wildman–Crippen MR) is 59.1 cm³/mol. The summed E-state index contributed by atoms with van der Waals surface area (Å²) in [5.41, 5.74) is -0.915. The largest absolute Gasteiger partial charge is 0.480 e. The summed E-state index contributed by atoms with van der Waals surface area (Å²) in [7, 11) is -3.01. The van der Waals surface area contributed by atoms with Gasteiger partial charge in [0, 0.05) is 0 Å². The summed E-state index contributed by atoms with van der Waals surface area (Å²) in [6, 6.07) is 0. The van der Waals surface area contributed by atoms with Crippen LogP contribution in [0.3, 0.4) is 0 Å². The molecule has 2 rings (SSSR count). The van der Waals surface area contributed by atoms with Crippen LogP contribution in [-0.4, -0.2) is 54.5 Å². The molecule has 92 valence electrons. The highest BCUT2D eigenvalue weighted by atomic mass is 32.2. The second-order valence-corrected chi connectivity index (χ2v) is 6.99. The van der Waals surface area contributed by atoms with E-state index >= 15 is 0 Å². The Labute approximate surface area is 95.4 Å². The number of hydrogen-bond acceptors (Lipinski definition) is 4. The number of aliphatic carboxylic acids is 1. The molecule has 0 aromatic rings. The molecule has 1 N–H and O–H groups in total. The van der Waals surface area contributed by atoms with Gasteiger partial charge < -0.3 is 5.11 Å². The minimum absolute atomic E-state index is 0.00972. The smallest absolute Gasteiger partial charge is 0.324 e. The number of carbonyl (C=O) groups is 1. The highest BCUT2D eigenvalue weighted by molar-refractivity contribution is 7.91. The van der Waals surface area contributed by atoms with Crippen molar-refractivity contribution in [1.82, 2.24) is 4.90 Å². The molecule has 5 nitrogen and oxygen atoms in total. The summed E-state index contributed by atoms with van der Waals surface area (Å²) in [6.45, 7) is 1.57. The van der Waals surface area contributed by atoms with Crippen LogP contribution >= 0.6 is 0 Å². The molecule has 0 saturated carbocycles. The van der Waals surface area contributed by atoms with E-state index in [0.29, 0.717) is 0 Å². The lowest BCUT2D eigenvalue weighted by atomic mass is 9.90. The Bertz CT molecular complexity index is 370. The first-order valence-electron chi connectivity index (χ1n) is 5.65. The first-order valence-corrected chi connectivity index (χ1v) is 7.47. The lowest BCUT2D eigenvalue weighted by Crippen LogP contribution is -2.57. The van der Waals surface area contributed by atoms with E-state index in [1.54, 1.807) is 0 Å². The van der Waals surface area contributed by atoms with Crippen molar-refractivity contribution in [3.63, 3.8) is 0 Å². The number of sulfone groups is 1. The van der Waals surface area contributed by atoms with Crippen molar-refractivity contribution >= 4 is 15.8 Å². The Morgan fingerprint density at radius 3 is 2.06 bits per heavy atom. The molecule has 0 atom stereocenters. The highest BCUT2D eigenvalue weighted by Crippen LogP contribution is 2.33. The van der Waals surface area contributed by atoms with Gasteiger partial charge in [-0.15, -0.1) is 0 Å². The number of rotatable bonds is 2. The summed E-state index contributed by atoms with van der Waals surface area (Å²) >= 11 is 0. The highest BCUT2D eigenvalue weighted by Gasteiger charge is 2.48. The third-order valence-electron chi connectivity index (χ3n) is 3.76. The molecule has 2 heterocycles. The van der Waals surface area contributed by atoms with Crippen LogP contribution < -0.4 is 0 Å². The van der Waals surface area contributed by atoms with Crippen molar-refractivity contribution in [2.45, 2.75) is 31.2 Å². The Hall–Kier alpha value is -0.620. The number of nitrogens with zero attached hydrogens (tertiary/aromatic N) is 1. The number of hydrogen-bond donors (Lipinski definition) is 1. The van der Waals surface area contributed by atoms with Gasteiger partial charge in [-0.2, -0.15) is 0 Å². The molecular weight excluding hydrogens is 230 g/mol. The van der Waals surface area contributed by atoms with Crippen molar-refractivity contribution in [2.24, 2.45) is 0 Å². The second-order valence-electron chi connectivity index (χ2n) is 4.68. The van der Waals surface area contributed by atoms with Gasteiger partial charge in [0.05, 0.1) is 11.5 Å². The molecule has 2 aliphatic rings. The van der Waals surface area contributed by atoms with Gasteiger partial charge in [-0.05, 0) is 38.8 Å². The van der Waals surface area contributed by atoms with Gasteiger partial charge in [0.2, 0.25) is 0 Å². The molecule has 0 radical (unpaired) electrons. The van der Waals surface area contributed by atoms with Crippen LogP contribution in [0.15, 0.2) is 0 Å². The van der Waals surface area contributed by atoms with Crippen molar-refractivity contribution in [3.8, 4) is 0 Å². The number of likely N-dealkylation sites (tertiary alicyclic amines) is 1. The fourth-order valence-electron chi connectivity index (χ4n) is 2.69. The predicted octanol–water partition coefficient (Wildman–Crippen LogP) is 0.114. The molecule has 0 spiro atoms. The summed E-state index contributed by atoms with van der Waals surface area (Å²) in [4.78, 5) is 13.4. The van der Waals surface area contributed by atoms with Crippen LogP contribution in [0.2, 0.25) is 0 Å². The van der Waals surface area contributed by atoms with Crippen LogP contribution in [0.25, 0.3) is 0 Å². The first-order chi connectivity index (χ1) is 7.46. The molecule has 0 aromatic heterocycles. The molecule has 0 aliphatic carbocycles. The van der Waals surface area contributed by atoms with Crippen molar-refractivity contribution in [1.29, 1.82) is 0 Å². The van der Waals surface area contributed by atoms with E-state index in [2.05, 4.69) is 0 Å². The van der Waals surface area contributed by atoms with E-state index in [0.717, 1.165) is 25.9 Å². The minimum atomic E-state index is -3.01. The molecular formula is C10H17NO4S. The number of carboxylic acids is 1. The van der Waals surface area contributed by atoms with Gasteiger partial charge in [0.15, 0.2) is 0 Å². The maximum Gasteiger partial charge on any atom is 0.324 e. The lowest BCUT2D eigenvalue weighted by molar-refractivity contribution is -0.151. The average Bonchev–Trinajstić information content (AvgIpc) is 2.71. The Morgan fingerprint density at radius 1 is 1.12 bits per heavy atom. The Morgan fingerprint density at radius 2 is 1.62 bits per heavy atom. The fraction of sp³-hybridized carbons (Fsp3) is 0.900. The molecule has 0 bridgehead atoms. The van der Waals surface area contributed by atoms with Crippen molar-refractivity contribution < 1.29 is 18.3 Å². The molecule has 6 heteroatoms. The van der Waals surface area contributed by atoms with E-state index in [4.69, 9.17) is 0 Å². The summed E-state index contributed by atoms with van der Waals surface area (Å²) in [5.74, 6) is -0.838. The van der Waals surface area contributed by atoms with Gasteiger partial charge in [0.1, 0.15) is 15.4 Å². The van der Waals surface area contributed by atoms with E-state index in [1.807, 2.05) is 4.90 Å². The fourth-order valence-corrected chi connectivity index (χ4v) is 4.19. The summed E-state index contributed by atoms with van der Waals surface area (Å²) in [5, 5.41) is 9.38. The van der Waals surface area contributed by atoms with Crippen molar-refractivity contribution in [2.75, 3.05) is 24.6 Å². The minimum Gasteiger partial charge on any atom is -0.480 e. The number of carboxylic acid groups (broad SMARTS) is 1. The molecule has 2 aliphatic heterocycles. The Balaban J connectivity index is 2.21. The van der Waals surface area contributed by atoms with E-state index in [1.165, 1.54) is 0 Å².